The van der Waals surface area contributed by atoms with E-state index >= 15 is 0 Å². The molecule has 3 rings (SSSR count). The summed E-state index contributed by atoms with van der Waals surface area (Å²) in [5, 5.41) is 10.7. The molecule has 0 radical (unpaired) electrons. The summed E-state index contributed by atoms with van der Waals surface area (Å²) in [4.78, 5) is 20.7. The Morgan fingerprint density at radius 2 is 2.11 bits per heavy atom. The second kappa shape index (κ2) is 9.12. The molecule has 1 amide bonds. The van der Waals surface area contributed by atoms with Crippen LogP contribution in [-0.4, -0.2) is 25.7 Å². The van der Waals surface area contributed by atoms with E-state index in [-0.39, 0.29) is 5.91 Å². The molecular formula is C20H22ClN5OS. The Morgan fingerprint density at radius 3 is 2.82 bits per heavy atom. The minimum Gasteiger partial charge on any atom is -0.346 e. The van der Waals surface area contributed by atoms with E-state index in [0.717, 1.165) is 34.1 Å². The van der Waals surface area contributed by atoms with Crippen LogP contribution in [0.25, 0.3) is 17.3 Å². The molecule has 8 heteroatoms. The van der Waals surface area contributed by atoms with E-state index in [2.05, 4.69) is 34.2 Å². The minimum atomic E-state index is -0.201. The van der Waals surface area contributed by atoms with Crippen molar-refractivity contribution in [1.29, 1.82) is 0 Å². The van der Waals surface area contributed by atoms with Gasteiger partial charge >= 0.3 is 0 Å². The number of halogens is 1. The van der Waals surface area contributed by atoms with Crippen molar-refractivity contribution < 1.29 is 4.79 Å². The molecule has 6 nitrogen and oxygen atoms in total. The summed E-state index contributed by atoms with van der Waals surface area (Å²) in [6.45, 7) is 7.21. The molecule has 3 aromatic heterocycles. The summed E-state index contributed by atoms with van der Waals surface area (Å²) in [6.07, 6.45) is 6.66. The Kier molecular flexibility index (Phi) is 6.59. The van der Waals surface area contributed by atoms with Gasteiger partial charge in [-0.05, 0) is 31.1 Å². The first kappa shape index (κ1) is 20.2. The molecule has 0 aliphatic carbocycles. The molecule has 0 unspecified atom stereocenters. The fourth-order valence-corrected chi connectivity index (χ4v) is 3.70. The highest BCUT2D eigenvalue weighted by atomic mass is 35.5. The van der Waals surface area contributed by atoms with Crippen LogP contribution in [0.3, 0.4) is 0 Å². The average Bonchev–Trinajstić information content (AvgIpc) is 3.24. The van der Waals surface area contributed by atoms with Crippen molar-refractivity contribution in [3.8, 4) is 11.3 Å². The fourth-order valence-electron chi connectivity index (χ4n) is 2.65. The fraction of sp³-hybridized carbons (Fsp3) is 0.300. The maximum atomic E-state index is 12.2. The maximum absolute atomic E-state index is 12.2. The summed E-state index contributed by atoms with van der Waals surface area (Å²) in [6, 6.07) is 3.82. The van der Waals surface area contributed by atoms with Gasteiger partial charge in [-0.15, -0.1) is 11.3 Å². The maximum Gasteiger partial charge on any atom is 0.244 e. The number of nitrogens with one attached hydrogen (secondary N) is 1. The molecule has 146 valence electrons. The predicted molar refractivity (Wildman–Crippen MR) is 113 cm³/mol. The van der Waals surface area contributed by atoms with Crippen LogP contribution >= 0.6 is 22.9 Å². The van der Waals surface area contributed by atoms with Gasteiger partial charge in [0, 0.05) is 41.5 Å². The van der Waals surface area contributed by atoms with Gasteiger partial charge in [0.2, 0.25) is 5.91 Å². The van der Waals surface area contributed by atoms with Gasteiger partial charge in [0.1, 0.15) is 10.2 Å². The van der Waals surface area contributed by atoms with Crippen molar-refractivity contribution in [3.63, 3.8) is 0 Å². The molecule has 0 atom stereocenters. The van der Waals surface area contributed by atoms with E-state index in [1.807, 2.05) is 24.4 Å². The highest BCUT2D eigenvalue weighted by Crippen LogP contribution is 2.23. The lowest BCUT2D eigenvalue weighted by Crippen LogP contribution is -2.20. The van der Waals surface area contributed by atoms with E-state index in [0.29, 0.717) is 17.6 Å². The van der Waals surface area contributed by atoms with Crippen molar-refractivity contribution in [2.24, 2.45) is 5.92 Å². The zero-order chi connectivity index (χ0) is 20.1. The van der Waals surface area contributed by atoms with Crippen molar-refractivity contribution >= 4 is 34.9 Å². The Bertz CT molecular complexity index is 978. The number of hydrogen-bond donors (Lipinski definition) is 1. The first-order valence-electron chi connectivity index (χ1n) is 8.97. The van der Waals surface area contributed by atoms with Gasteiger partial charge in [0.15, 0.2) is 0 Å². The standard InChI is InChI=1S/C20H22ClN5OS/c1-13(2)11-26-20(21)16(14(3)25-26)4-5-18(27)23-10-19-24-17(12-28-19)15-6-8-22-9-7-15/h4-9,12-13H,10-11H2,1-3H3,(H,23,27)/b5-4+. The smallest absolute Gasteiger partial charge is 0.244 e. The second-order valence-corrected chi connectivity index (χ2v) is 8.08. The molecule has 1 N–H and O–H groups in total. The number of rotatable bonds is 7. The molecule has 0 aromatic carbocycles. The van der Waals surface area contributed by atoms with Gasteiger partial charge in [-0.25, -0.2) is 4.98 Å². The second-order valence-electron chi connectivity index (χ2n) is 6.78. The lowest BCUT2D eigenvalue weighted by atomic mass is 10.2. The van der Waals surface area contributed by atoms with Gasteiger partial charge in [0.05, 0.1) is 17.9 Å². The third kappa shape index (κ3) is 5.05. The molecule has 0 spiro atoms. The lowest BCUT2D eigenvalue weighted by Gasteiger charge is -2.05. The molecule has 0 aliphatic heterocycles. The highest BCUT2D eigenvalue weighted by Gasteiger charge is 2.12. The third-order valence-electron chi connectivity index (χ3n) is 3.99. The summed E-state index contributed by atoms with van der Waals surface area (Å²) in [5.74, 6) is 0.236. The largest absolute Gasteiger partial charge is 0.346 e. The molecule has 0 saturated heterocycles. The van der Waals surface area contributed by atoms with Crippen LogP contribution in [-0.2, 0) is 17.9 Å². The van der Waals surface area contributed by atoms with E-state index in [1.165, 1.54) is 17.4 Å². The quantitative estimate of drug-likeness (QED) is 0.582. The number of aromatic nitrogens is 4. The van der Waals surface area contributed by atoms with Crippen molar-refractivity contribution in [3.05, 3.63) is 57.4 Å². The van der Waals surface area contributed by atoms with E-state index < -0.39 is 0 Å². The average molecular weight is 416 g/mol. The van der Waals surface area contributed by atoms with Gasteiger partial charge in [-0.1, -0.05) is 25.4 Å². The van der Waals surface area contributed by atoms with Crippen molar-refractivity contribution in [2.45, 2.75) is 33.9 Å². The molecule has 0 saturated carbocycles. The minimum absolute atomic E-state index is 0.201. The lowest BCUT2D eigenvalue weighted by molar-refractivity contribution is -0.116. The van der Waals surface area contributed by atoms with Crippen LogP contribution in [0, 0.1) is 12.8 Å². The molecule has 0 fully saturated rings. The topological polar surface area (TPSA) is 72.7 Å². The Morgan fingerprint density at radius 1 is 1.36 bits per heavy atom. The van der Waals surface area contributed by atoms with Crippen LogP contribution in [0.15, 0.2) is 36.0 Å². The molecule has 3 heterocycles. The van der Waals surface area contributed by atoms with Gasteiger partial charge in [-0.3, -0.25) is 14.5 Å². The number of carbonyl (C=O) groups excluding carboxylic acids is 1. The van der Waals surface area contributed by atoms with Crippen molar-refractivity contribution in [1.82, 2.24) is 25.1 Å². The van der Waals surface area contributed by atoms with Crippen LogP contribution < -0.4 is 5.32 Å². The van der Waals surface area contributed by atoms with E-state index in [9.17, 15) is 4.79 Å². The van der Waals surface area contributed by atoms with Gasteiger partial charge in [0.25, 0.3) is 0 Å². The molecular weight excluding hydrogens is 394 g/mol. The number of hydrogen-bond acceptors (Lipinski definition) is 5. The summed E-state index contributed by atoms with van der Waals surface area (Å²) in [7, 11) is 0. The van der Waals surface area contributed by atoms with Crippen LogP contribution in [0.4, 0.5) is 0 Å². The normalized spacial score (nSPS) is 11.5. The Labute approximate surface area is 173 Å². The van der Waals surface area contributed by atoms with E-state index in [4.69, 9.17) is 11.6 Å². The van der Waals surface area contributed by atoms with Crippen LogP contribution in [0.1, 0.15) is 30.1 Å². The van der Waals surface area contributed by atoms with Crippen LogP contribution in [0.2, 0.25) is 5.15 Å². The number of pyridine rings is 1. The van der Waals surface area contributed by atoms with Crippen molar-refractivity contribution in [2.75, 3.05) is 0 Å². The number of nitrogens with zero attached hydrogens (tertiary/aromatic N) is 4. The van der Waals surface area contributed by atoms with Crippen LogP contribution in [0.5, 0.6) is 0 Å². The summed E-state index contributed by atoms with van der Waals surface area (Å²) >= 11 is 7.91. The van der Waals surface area contributed by atoms with E-state index in [1.54, 1.807) is 23.2 Å². The van der Waals surface area contributed by atoms with Gasteiger partial charge in [-0.2, -0.15) is 5.10 Å². The Balaban J connectivity index is 1.59. The summed E-state index contributed by atoms with van der Waals surface area (Å²) < 4.78 is 1.77. The number of aryl methyl sites for hydroxylation is 1. The monoisotopic (exact) mass is 415 g/mol. The molecule has 28 heavy (non-hydrogen) atoms. The first-order valence-corrected chi connectivity index (χ1v) is 10.2. The summed E-state index contributed by atoms with van der Waals surface area (Å²) in [5.41, 5.74) is 3.46. The number of thiazole rings is 1. The number of carbonyl (C=O) groups is 1. The number of amides is 1. The molecule has 0 bridgehead atoms. The van der Waals surface area contributed by atoms with Gasteiger partial charge < -0.3 is 5.32 Å². The first-order chi connectivity index (χ1) is 13.4. The molecule has 3 aromatic rings. The zero-order valence-electron chi connectivity index (χ0n) is 16.0. The zero-order valence-corrected chi connectivity index (χ0v) is 17.6. The SMILES string of the molecule is Cc1nn(CC(C)C)c(Cl)c1/C=C/C(=O)NCc1nc(-c2ccncc2)cs1. The third-order valence-corrected chi connectivity index (χ3v) is 5.24. The highest BCUT2D eigenvalue weighted by molar-refractivity contribution is 7.09. The predicted octanol–water partition coefficient (Wildman–Crippen LogP) is 4.35. The molecule has 0 aliphatic rings. The Hall–Kier alpha value is -2.51.